The maximum atomic E-state index is 13.1. The molecule has 8 heteroatoms. The van der Waals surface area contributed by atoms with Crippen LogP contribution in [0.4, 0.5) is 17.6 Å². The van der Waals surface area contributed by atoms with Gasteiger partial charge in [-0.25, -0.2) is 17.6 Å². The van der Waals surface area contributed by atoms with Crippen LogP contribution in [0.1, 0.15) is 23.2 Å². The van der Waals surface area contributed by atoms with Crippen LogP contribution in [0.5, 0.6) is 0 Å². The summed E-state index contributed by atoms with van der Waals surface area (Å²) >= 11 is 0. The van der Waals surface area contributed by atoms with Crippen LogP contribution < -0.4 is 0 Å². The normalized spacial score (nSPS) is 12.3. The molecule has 3 nitrogen and oxygen atoms in total. The third-order valence-corrected chi connectivity index (χ3v) is 2.82. The van der Waals surface area contributed by atoms with Crippen molar-refractivity contribution < 1.29 is 43.1 Å². The van der Waals surface area contributed by atoms with Crippen molar-refractivity contribution in [2.45, 2.75) is 12.1 Å². The van der Waals surface area contributed by atoms with E-state index in [-0.39, 0.29) is 44.1 Å². The molecule has 0 saturated heterocycles. The Labute approximate surface area is 145 Å². The minimum Gasteiger partial charge on any atom is -0.672 e. The summed E-state index contributed by atoms with van der Waals surface area (Å²) in [6, 6.07) is 2.29. The van der Waals surface area contributed by atoms with E-state index in [1.54, 1.807) is 0 Å². The van der Waals surface area contributed by atoms with E-state index in [0.717, 1.165) is 24.3 Å². The smallest absolute Gasteiger partial charge is 0.672 e. The second-order valence-electron chi connectivity index (χ2n) is 4.36. The molecule has 0 aliphatic carbocycles. The zero-order valence-electron chi connectivity index (χ0n) is 12.0. The SMILES string of the molecule is O.[CH3-].[Ir+3].[NH-]C(c1cc(F)cc(F)c1)[C@H]([NH-])c1cc(F)cc(F)c1. The quantitative estimate of drug-likeness (QED) is 0.425. The Kier molecular flexibility index (Phi) is 10.1. The third kappa shape index (κ3) is 6.01. The fourth-order valence-corrected chi connectivity index (χ4v) is 1.89. The molecule has 0 amide bonds. The van der Waals surface area contributed by atoms with Crippen LogP contribution in [0.15, 0.2) is 36.4 Å². The van der Waals surface area contributed by atoms with Crippen LogP contribution in [0.25, 0.3) is 11.5 Å². The molecule has 1 unspecified atom stereocenters. The molecule has 0 saturated carbocycles. The molecular formula is C15H15F4IrN2O. The van der Waals surface area contributed by atoms with E-state index in [1.165, 1.54) is 0 Å². The van der Waals surface area contributed by atoms with Gasteiger partial charge in [0.25, 0.3) is 0 Å². The Balaban J connectivity index is 0. The van der Waals surface area contributed by atoms with Gasteiger partial charge in [0.2, 0.25) is 0 Å². The van der Waals surface area contributed by atoms with E-state index in [0.29, 0.717) is 12.1 Å². The van der Waals surface area contributed by atoms with Crippen molar-refractivity contribution in [1.29, 1.82) is 0 Å². The van der Waals surface area contributed by atoms with Crippen LogP contribution in [-0.4, -0.2) is 5.48 Å². The van der Waals surface area contributed by atoms with E-state index in [4.69, 9.17) is 11.5 Å². The van der Waals surface area contributed by atoms with Gasteiger partial charge in [-0.15, -0.1) is 12.1 Å². The minimum absolute atomic E-state index is 0. The van der Waals surface area contributed by atoms with E-state index in [2.05, 4.69) is 0 Å². The molecule has 23 heavy (non-hydrogen) atoms. The van der Waals surface area contributed by atoms with Crippen molar-refractivity contribution in [3.63, 3.8) is 0 Å². The zero-order valence-corrected chi connectivity index (χ0v) is 14.4. The first-order chi connectivity index (χ1) is 9.36. The molecule has 2 aromatic carbocycles. The van der Waals surface area contributed by atoms with Gasteiger partial charge < -0.3 is 24.4 Å². The molecule has 0 radical (unpaired) electrons. The van der Waals surface area contributed by atoms with Crippen LogP contribution in [0.2, 0.25) is 0 Å². The van der Waals surface area contributed by atoms with Gasteiger partial charge in [-0.1, -0.05) is 11.1 Å². The Bertz CT molecular complexity index is 547. The standard InChI is InChI=1S/C14H10F4N2.CH3.Ir.H2O/c15-9-1-7(2-10(16)5-9)13(19)14(20)8-3-11(17)6-12(18)4-8;;;/h1-6,13-14,19-20H;1H3;;1H2/q-2;-1;+3;/t13-,14?;;;/m1.../s1. The summed E-state index contributed by atoms with van der Waals surface area (Å²) < 4.78 is 52.3. The summed E-state index contributed by atoms with van der Waals surface area (Å²) in [6.45, 7) is 0. The van der Waals surface area contributed by atoms with Crippen molar-refractivity contribution in [3.05, 3.63) is 89.7 Å². The molecule has 4 N–H and O–H groups in total. The molecule has 0 aliphatic rings. The van der Waals surface area contributed by atoms with Crippen molar-refractivity contribution in [1.82, 2.24) is 0 Å². The summed E-state index contributed by atoms with van der Waals surface area (Å²) in [5.41, 5.74) is 15.5. The molecule has 0 bridgehead atoms. The Hall–Kier alpha value is -1.31. The molecule has 2 atom stereocenters. The van der Waals surface area contributed by atoms with Crippen molar-refractivity contribution in [2.24, 2.45) is 0 Å². The van der Waals surface area contributed by atoms with Crippen molar-refractivity contribution >= 4 is 0 Å². The largest absolute Gasteiger partial charge is 3.00 e. The maximum Gasteiger partial charge on any atom is 3.00 e. The number of hydrogen-bond acceptors (Lipinski definition) is 0. The molecule has 0 aliphatic heterocycles. The summed E-state index contributed by atoms with van der Waals surface area (Å²) in [5.74, 6) is -3.46. The Morgan fingerprint density at radius 3 is 1.04 bits per heavy atom. The van der Waals surface area contributed by atoms with Crippen molar-refractivity contribution in [2.75, 3.05) is 0 Å². The van der Waals surface area contributed by atoms with Gasteiger partial charge in [0.05, 0.1) is 0 Å². The summed E-state index contributed by atoms with van der Waals surface area (Å²) in [5, 5.41) is 0. The first-order valence-electron chi connectivity index (χ1n) is 5.71. The molecule has 2 aromatic rings. The average Bonchev–Trinajstić information content (AvgIpc) is 2.34. The fraction of sp³-hybridized carbons (Fsp3) is 0.133. The zero-order chi connectivity index (χ0) is 14.9. The average molecular weight is 508 g/mol. The fourth-order valence-electron chi connectivity index (χ4n) is 1.89. The van der Waals surface area contributed by atoms with Crippen LogP contribution in [-0.2, 0) is 20.1 Å². The van der Waals surface area contributed by atoms with Gasteiger partial charge in [0, 0.05) is 12.1 Å². The van der Waals surface area contributed by atoms with Gasteiger partial charge in [-0.05, 0) is 24.3 Å². The number of nitrogens with one attached hydrogen (secondary N) is 2. The van der Waals surface area contributed by atoms with Crippen LogP contribution in [0.3, 0.4) is 0 Å². The maximum absolute atomic E-state index is 13.1. The first kappa shape index (κ1) is 23.9. The Morgan fingerprint density at radius 2 is 0.826 bits per heavy atom. The van der Waals surface area contributed by atoms with Gasteiger partial charge in [0.1, 0.15) is 23.3 Å². The van der Waals surface area contributed by atoms with E-state index in [9.17, 15) is 17.6 Å². The van der Waals surface area contributed by atoms with E-state index < -0.39 is 35.4 Å². The summed E-state index contributed by atoms with van der Waals surface area (Å²) in [6.07, 6.45) is 0. The summed E-state index contributed by atoms with van der Waals surface area (Å²) in [7, 11) is 0. The molecule has 128 valence electrons. The van der Waals surface area contributed by atoms with Gasteiger partial charge >= 0.3 is 20.1 Å². The molecule has 2 rings (SSSR count). The second kappa shape index (κ2) is 9.74. The molecule has 0 spiro atoms. The predicted molar refractivity (Wildman–Crippen MR) is 76.9 cm³/mol. The number of benzene rings is 2. The van der Waals surface area contributed by atoms with Gasteiger partial charge in [-0.3, -0.25) is 0 Å². The number of rotatable bonds is 3. The molecule has 0 aromatic heterocycles. The van der Waals surface area contributed by atoms with Crippen molar-refractivity contribution in [3.8, 4) is 0 Å². The van der Waals surface area contributed by atoms with E-state index >= 15 is 0 Å². The Morgan fingerprint density at radius 1 is 0.609 bits per heavy atom. The second-order valence-corrected chi connectivity index (χ2v) is 4.36. The van der Waals surface area contributed by atoms with Crippen LogP contribution in [0, 0.1) is 30.7 Å². The first-order valence-corrected chi connectivity index (χ1v) is 5.71. The number of hydrogen-bond donors (Lipinski definition) is 0. The minimum atomic E-state index is -1.36. The number of halogens is 4. The molecular weight excluding hydrogens is 492 g/mol. The third-order valence-electron chi connectivity index (χ3n) is 2.82. The predicted octanol–water partition coefficient (Wildman–Crippen LogP) is 4.75. The van der Waals surface area contributed by atoms with Gasteiger partial charge in [0.15, 0.2) is 0 Å². The topological polar surface area (TPSA) is 79.1 Å². The van der Waals surface area contributed by atoms with Gasteiger partial charge in [-0.2, -0.15) is 0 Å². The summed E-state index contributed by atoms with van der Waals surface area (Å²) in [4.78, 5) is 0. The monoisotopic (exact) mass is 508 g/mol. The van der Waals surface area contributed by atoms with Crippen LogP contribution >= 0.6 is 0 Å². The molecule has 0 heterocycles. The molecule has 0 fully saturated rings. The van der Waals surface area contributed by atoms with E-state index in [1.807, 2.05) is 0 Å².